The number of likely N-dealkylation sites (tertiary alicyclic amines) is 1. The second-order valence-corrected chi connectivity index (χ2v) is 6.47. The highest BCUT2D eigenvalue weighted by molar-refractivity contribution is 5.88. The fourth-order valence-electron chi connectivity index (χ4n) is 3.23. The lowest BCUT2D eigenvalue weighted by atomic mass is 9.82. The average Bonchev–Trinajstić information content (AvgIpc) is 2.87. The van der Waals surface area contributed by atoms with Crippen molar-refractivity contribution in [3.8, 4) is 5.75 Å². The van der Waals surface area contributed by atoms with Crippen molar-refractivity contribution in [2.24, 2.45) is 11.7 Å². The van der Waals surface area contributed by atoms with Crippen molar-refractivity contribution in [1.82, 2.24) is 4.90 Å². The van der Waals surface area contributed by atoms with E-state index in [2.05, 4.69) is 6.92 Å². The minimum Gasteiger partial charge on any atom is -0.496 e. The molecule has 1 aromatic rings. The zero-order chi connectivity index (χ0) is 15.6. The summed E-state index contributed by atoms with van der Waals surface area (Å²) in [4.78, 5) is 15.0. The van der Waals surface area contributed by atoms with Gasteiger partial charge in [0.05, 0.1) is 12.5 Å². The van der Waals surface area contributed by atoms with Crippen molar-refractivity contribution in [1.29, 1.82) is 0 Å². The molecule has 4 heteroatoms. The van der Waals surface area contributed by atoms with Crippen LogP contribution in [0.1, 0.15) is 32.8 Å². The van der Waals surface area contributed by atoms with Crippen LogP contribution in [0.5, 0.6) is 5.75 Å². The van der Waals surface area contributed by atoms with Crippen molar-refractivity contribution in [2.45, 2.75) is 38.6 Å². The van der Waals surface area contributed by atoms with Gasteiger partial charge in [0.15, 0.2) is 0 Å². The Morgan fingerprint density at radius 2 is 2.10 bits per heavy atom. The Bertz CT molecular complexity index is 513. The first kappa shape index (κ1) is 15.8. The van der Waals surface area contributed by atoms with Crippen molar-refractivity contribution in [3.63, 3.8) is 0 Å². The van der Waals surface area contributed by atoms with Crippen LogP contribution >= 0.6 is 0 Å². The van der Waals surface area contributed by atoms with E-state index in [0.717, 1.165) is 24.3 Å². The number of benzene rings is 1. The molecular weight excluding hydrogens is 264 g/mol. The molecule has 0 aliphatic carbocycles. The summed E-state index contributed by atoms with van der Waals surface area (Å²) >= 11 is 0. The molecule has 1 amide bonds. The number of carbonyl (C=O) groups is 1. The molecule has 1 fully saturated rings. The molecule has 2 rings (SSSR count). The van der Waals surface area contributed by atoms with Gasteiger partial charge in [-0.25, -0.2) is 0 Å². The van der Waals surface area contributed by atoms with Crippen LogP contribution in [0.3, 0.4) is 0 Å². The largest absolute Gasteiger partial charge is 0.496 e. The maximum atomic E-state index is 13.0. The van der Waals surface area contributed by atoms with E-state index in [0.29, 0.717) is 12.5 Å². The molecular formula is C17H26N2O2. The Balaban J connectivity index is 2.28. The topological polar surface area (TPSA) is 55.6 Å². The Kier molecular flexibility index (Phi) is 4.57. The number of hydrogen-bond donors (Lipinski definition) is 1. The van der Waals surface area contributed by atoms with Gasteiger partial charge in [-0.3, -0.25) is 4.79 Å². The molecule has 1 aliphatic heterocycles. The second kappa shape index (κ2) is 6.06. The number of para-hydroxylation sites is 1. The number of amides is 1. The molecule has 1 aromatic carbocycles. The molecule has 1 heterocycles. The van der Waals surface area contributed by atoms with E-state index in [1.807, 2.05) is 43.0 Å². The summed E-state index contributed by atoms with van der Waals surface area (Å²) in [5.41, 5.74) is 6.09. The number of nitrogens with zero attached hydrogens (tertiary/aromatic N) is 1. The minimum absolute atomic E-state index is 0.149. The van der Waals surface area contributed by atoms with Gasteiger partial charge in [-0.05, 0) is 45.7 Å². The number of methoxy groups -OCH3 is 1. The van der Waals surface area contributed by atoms with E-state index in [9.17, 15) is 4.79 Å². The first-order valence-corrected chi connectivity index (χ1v) is 7.56. The van der Waals surface area contributed by atoms with Gasteiger partial charge in [0.2, 0.25) is 5.91 Å². The fraction of sp³-hybridized carbons (Fsp3) is 0.588. The summed E-state index contributed by atoms with van der Waals surface area (Å²) in [5, 5.41) is 0. The lowest BCUT2D eigenvalue weighted by molar-refractivity contribution is -0.137. The van der Waals surface area contributed by atoms with E-state index in [1.54, 1.807) is 7.11 Å². The van der Waals surface area contributed by atoms with Gasteiger partial charge in [0.25, 0.3) is 0 Å². The third kappa shape index (κ3) is 2.91. The Hall–Kier alpha value is -1.55. The minimum atomic E-state index is -0.607. The van der Waals surface area contributed by atoms with Crippen LogP contribution in [0.2, 0.25) is 0 Å². The van der Waals surface area contributed by atoms with Crippen LogP contribution < -0.4 is 10.5 Å². The fourth-order valence-corrected chi connectivity index (χ4v) is 3.23. The molecule has 2 N–H and O–H groups in total. The maximum absolute atomic E-state index is 13.0. The van der Waals surface area contributed by atoms with E-state index in [1.165, 1.54) is 0 Å². The summed E-state index contributed by atoms with van der Waals surface area (Å²) in [6.45, 7) is 7.44. The average molecular weight is 290 g/mol. The van der Waals surface area contributed by atoms with Crippen LogP contribution in [-0.2, 0) is 10.2 Å². The van der Waals surface area contributed by atoms with Gasteiger partial charge >= 0.3 is 0 Å². The predicted molar refractivity (Wildman–Crippen MR) is 84.4 cm³/mol. The Morgan fingerprint density at radius 1 is 1.43 bits per heavy atom. The number of nitrogens with two attached hydrogens (primary N) is 1. The highest BCUT2D eigenvalue weighted by Gasteiger charge is 2.41. The monoisotopic (exact) mass is 290 g/mol. The maximum Gasteiger partial charge on any atom is 0.233 e. The van der Waals surface area contributed by atoms with Crippen molar-refractivity contribution >= 4 is 5.91 Å². The molecule has 0 radical (unpaired) electrons. The summed E-state index contributed by atoms with van der Waals surface area (Å²) in [6, 6.07) is 7.99. The number of ether oxygens (including phenoxy) is 1. The Labute approximate surface area is 127 Å². The first-order valence-electron chi connectivity index (χ1n) is 7.56. The predicted octanol–water partition coefficient (Wildman–Crippen LogP) is 2.17. The van der Waals surface area contributed by atoms with E-state index < -0.39 is 5.41 Å². The summed E-state index contributed by atoms with van der Waals surface area (Å²) in [7, 11) is 1.64. The number of rotatable bonds is 4. The molecule has 1 saturated heterocycles. The summed E-state index contributed by atoms with van der Waals surface area (Å²) < 4.78 is 5.42. The van der Waals surface area contributed by atoms with Gasteiger partial charge in [0.1, 0.15) is 5.75 Å². The van der Waals surface area contributed by atoms with E-state index in [-0.39, 0.29) is 11.9 Å². The standard InChI is InChI=1S/C17H26N2O2/c1-12-9-13(10-18)11-19(12)16(20)17(2,3)14-7-5-6-8-15(14)21-4/h5-8,12-13H,9-11,18H2,1-4H3. The highest BCUT2D eigenvalue weighted by atomic mass is 16.5. The third-order valence-corrected chi connectivity index (χ3v) is 4.57. The van der Waals surface area contributed by atoms with Crippen LogP contribution in [0, 0.1) is 5.92 Å². The molecule has 2 atom stereocenters. The van der Waals surface area contributed by atoms with Crippen LogP contribution in [0.4, 0.5) is 0 Å². The zero-order valence-corrected chi connectivity index (χ0v) is 13.4. The second-order valence-electron chi connectivity index (χ2n) is 6.47. The molecule has 116 valence electrons. The van der Waals surface area contributed by atoms with Gasteiger partial charge in [-0.15, -0.1) is 0 Å². The molecule has 4 nitrogen and oxygen atoms in total. The molecule has 0 saturated carbocycles. The lowest BCUT2D eigenvalue weighted by Gasteiger charge is -2.33. The van der Waals surface area contributed by atoms with Crippen molar-refractivity contribution in [2.75, 3.05) is 20.2 Å². The molecule has 21 heavy (non-hydrogen) atoms. The highest BCUT2D eigenvalue weighted by Crippen LogP contribution is 2.35. The van der Waals surface area contributed by atoms with Crippen molar-refractivity contribution < 1.29 is 9.53 Å². The van der Waals surface area contributed by atoms with Gasteiger partial charge in [-0.1, -0.05) is 18.2 Å². The van der Waals surface area contributed by atoms with Crippen LogP contribution in [0.15, 0.2) is 24.3 Å². The molecule has 0 spiro atoms. The smallest absolute Gasteiger partial charge is 0.233 e. The van der Waals surface area contributed by atoms with E-state index in [4.69, 9.17) is 10.5 Å². The molecule has 0 bridgehead atoms. The molecule has 2 unspecified atom stereocenters. The summed E-state index contributed by atoms with van der Waals surface area (Å²) in [5.74, 6) is 1.32. The number of hydrogen-bond acceptors (Lipinski definition) is 3. The number of carbonyl (C=O) groups excluding carboxylic acids is 1. The summed E-state index contributed by atoms with van der Waals surface area (Å²) in [6.07, 6.45) is 0.990. The van der Waals surface area contributed by atoms with Gasteiger partial charge < -0.3 is 15.4 Å². The quantitative estimate of drug-likeness (QED) is 0.924. The van der Waals surface area contributed by atoms with Crippen molar-refractivity contribution in [3.05, 3.63) is 29.8 Å². The van der Waals surface area contributed by atoms with E-state index >= 15 is 0 Å². The SMILES string of the molecule is COc1ccccc1C(C)(C)C(=O)N1CC(CN)CC1C. The zero-order valence-electron chi connectivity index (χ0n) is 13.4. The third-order valence-electron chi connectivity index (χ3n) is 4.57. The normalized spacial score (nSPS) is 22.4. The molecule has 1 aliphatic rings. The molecule has 0 aromatic heterocycles. The van der Waals surface area contributed by atoms with Gasteiger partial charge in [0, 0.05) is 18.2 Å². The first-order chi connectivity index (χ1) is 9.91. The lowest BCUT2D eigenvalue weighted by Crippen LogP contribution is -2.45. The Morgan fingerprint density at radius 3 is 2.67 bits per heavy atom. The van der Waals surface area contributed by atoms with Crippen LogP contribution in [0.25, 0.3) is 0 Å². The van der Waals surface area contributed by atoms with Gasteiger partial charge in [-0.2, -0.15) is 0 Å². The van der Waals surface area contributed by atoms with Crippen LogP contribution in [-0.4, -0.2) is 37.0 Å².